The molecule has 0 spiro atoms. The molecule has 1 aromatic heterocycles. The first-order valence-corrected chi connectivity index (χ1v) is 5.62. The number of thioether (sulfide) groups is 1. The molecule has 1 N–H and O–H groups in total. The Morgan fingerprint density at radius 1 is 1.57 bits per heavy atom. The number of nitrogens with one attached hydrogen (secondary N) is 1. The topological polar surface area (TPSA) is 37.8 Å². The van der Waals surface area contributed by atoms with Crippen molar-refractivity contribution in [2.75, 3.05) is 18.6 Å². The molecule has 3 nitrogen and oxygen atoms in total. The maximum atomic E-state index is 4.30. The van der Waals surface area contributed by atoms with E-state index in [2.05, 4.69) is 27.1 Å². The zero-order valence-corrected chi connectivity index (χ0v) is 9.40. The minimum Gasteiger partial charge on any atom is -0.372 e. The van der Waals surface area contributed by atoms with E-state index in [9.17, 15) is 0 Å². The van der Waals surface area contributed by atoms with Gasteiger partial charge in [-0.15, -0.1) is 0 Å². The second-order valence-corrected chi connectivity index (χ2v) is 3.30. The molecule has 4 heteroatoms. The molecule has 0 unspecified atom stereocenters. The normalized spacial score (nSPS) is 9.07. The van der Waals surface area contributed by atoms with Crippen LogP contribution in [0.1, 0.15) is 18.9 Å². The van der Waals surface area contributed by atoms with E-state index in [0.717, 1.165) is 23.0 Å². The fourth-order valence-electron chi connectivity index (χ4n) is 0.930. The smallest absolute Gasteiger partial charge is 0.189 e. The highest BCUT2D eigenvalue weighted by atomic mass is 32.2. The van der Waals surface area contributed by atoms with Crippen LogP contribution in [0.25, 0.3) is 0 Å². The van der Waals surface area contributed by atoms with Crippen LogP contribution in [0.3, 0.4) is 0 Å². The van der Waals surface area contributed by atoms with Crippen molar-refractivity contribution in [2.45, 2.75) is 18.5 Å². The summed E-state index contributed by atoms with van der Waals surface area (Å²) in [6, 6.07) is 0. The Morgan fingerprint density at radius 3 is 2.93 bits per heavy atom. The third-order valence-corrected chi connectivity index (χ3v) is 2.15. The first-order chi connectivity index (χ1) is 6.81. The molecule has 0 radical (unpaired) electrons. The highest BCUT2D eigenvalue weighted by Crippen LogP contribution is 2.14. The summed E-state index contributed by atoms with van der Waals surface area (Å²) in [6.45, 7) is 2.02. The van der Waals surface area contributed by atoms with Crippen molar-refractivity contribution < 1.29 is 0 Å². The van der Waals surface area contributed by atoms with Crippen LogP contribution in [0.2, 0.25) is 0 Å². The Balaban J connectivity index is 3.05. The fraction of sp³-hybridized carbons (Fsp3) is 0.400. The van der Waals surface area contributed by atoms with Crippen LogP contribution in [0, 0.1) is 11.8 Å². The molecule has 0 aliphatic rings. The maximum absolute atomic E-state index is 4.30. The number of nitrogens with zero attached hydrogens (tertiary/aromatic N) is 2. The highest BCUT2D eigenvalue weighted by molar-refractivity contribution is 7.98. The summed E-state index contributed by atoms with van der Waals surface area (Å²) in [7, 11) is 1.84. The maximum Gasteiger partial charge on any atom is 0.189 e. The molecule has 0 bridgehead atoms. The number of hydrogen-bond acceptors (Lipinski definition) is 4. The van der Waals surface area contributed by atoms with Crippen molar-refractivity contribution in [1.82, 2.24) is 9.97 Å². The van der Waals surface area contributed by atoms with E-state index >= 15 is 0 Å². The van der Waals surface area contributed by atoms with Gasteiger partial charge in [0.1, 0.15) is 5.82 Å². The van der Waals surface area contributed by atoms with Gasteiger partial charge in [0.2, 0.25) is 0 Å². The molecule has 0 aromatic carbocycles. The molecule has 1 heterocycles. The summed E-state index contributed by atoms with van der Waals surface area (Å²) in [5, 5.41) is 3.77. The number of rotatable bonds is 2. The van der Waals surface area contributed by atoms with E-state index in [1.807, 2.05) is 20.2 Å². The Bertz CT molecular complexity index is 365. The molecule has 0 saturated carbocycles. The molecular weight excluding hydrogens is 194 g/mol. The number of aromatic nitrogens is 2. The summed E-state index contributed by atoms with van der Waals surface area (Å²) >= 11 is 1.52. The van der Waals surface area contributed by atoms with Gasteiger partial charge in [-0.3, -0.25) is 0 Å². The van der Waals surface area contributed by atoms with Crippen LogP contribution in [-0.4, -0.2) is 23.3 Å². The largest absolute Gasteiger partial charge is 0.372 e. The summed E-state index contributed by atoms with van der Waals surface area (Å²) in [5.74, 6) is 6.81. The van der Waals surface area contributed by atoms with Gasteiger partial charge in [-0.2, -0.15) is 0 Å². The number of anilines is 1. The van der Waals surface area contributed by atoms with Crippen LogP contribution in [-0.2, 0) is 0 Å². The third-order valence-electron chi connectivity index (χ3n) is 1.59. The highest BCUT2D eigenvalue weighted by Gasteiger charge is 2.01. The Labute approximate surface area is 88.7 Å². The van der Waals surface area contributed by atoms with Crippen molar-refractivity contribution >= 4 is 17.6 Å². The van der Waals surface area contributed by atoms with Gasteiger partial charge in [0.05, 0.1) is 5.56 Å². The summed E-state index contributed by atoms with van der Waals surface area (Å²) in [5.41, 5.74) is 0.854. The lowest BCUT2D eigenvalue weighted by Crippen LogP contribution is -1.98. The lowest BCUT2D eigenvalue weighted by atomic mass is 10.3. The lowest BCUT2D eigenvalue weighted by molar-refractivity contribution is 0.967. The van der Waals surface area contributed by atoms with E-state index in [4.69, 9.17) is 0 Å². The summed E-state index contributed by atoms with van der Waals surface area (Å²) < 4.78 is 0. The van der Waals surface area contributed by atoms with Crippen LogP contribution in [0.5, 0.6) is 0 Å². The van der Waals surface area contributed by atoms with Gasteiger partial charge in [0, 0.05) is 19.7 Å². The van der Waals surface area contributed by atoms with Gasteiger partial charge in [-0.05, 0) is 6.26 Å². The molecule has 0 amide bonds. The summed E-state index contributed by atoms with van der Waals surface area (Å²) in [4.78, 5) is 8.47. The standard InChI is InChI=1S/C10H13N3S/c1-4-5-6-8-7-12-10(14-3)13-9(8)11-2/h7H,4H2,1-3H3,(H,11,12,13). The van der Waals surface area contributed by atoms with E-state index < -0.39 is 0 Å². The van der Waals surface area contributed by atoms with Crippen molar-refractivity contribution in [3.63, 3.8) is 0 Å². The monoisotopic (exact) mass is 207 g/mol. The first-order valence-electron chi connectivity index (χ1n) is 4.39. The summed E-state index contributed by atoms with van der Waals surface area (Å²) in [6.07, 6.45) is 4.55. The Morgan fingerprint density at radius 2 is 2.36 bits per heavy atom. The number of hydrogen-bond donors (Lipinski definition) is 1. The van der Waals surface area contributed by atoms with Crippen LogP contribution in [0.15, 0.2) is 11.4 Å². The van der Waals surface area contributed by atoms with Crippen LogP contribution < -0.4 is 5.32 Å². The van der Waals surface area contributed by atoms with Gasteiger partial charge in [-0.1, -0.05) is 30.5 Å². The van der Waals surface area contributed by atoms with E-state index in [1.165, 1.54) is 11.8 Å². The second kappa shape index (κ2) is 5.51. The molecule has 0 atom stereocenters. The predicted octanol–water partition coefficient (Wildman–Crippen LogP) is 2.00. The zero-order valence-electron chi connectivity index (χ0n) is 8.59. The molecular formula is C10H13N3S. The third kappa shape index (κ3) is 2.64. The van der Waals surface area contributed by atoms with Crippen LogP contribution >= 0.6 is 11.8 Å². The lowest BCUT2D eigenvalue weighted by Gasteiger charge is -2.03. The molecule has 0 aliphatic heterocycles. The van der Waals surface area contributed by atoms with Gasteiger partial charge >= 0.3 is 0 Å². The van der Waals surface area contributed by atoms with Crippen molar-refractivity contribution in [3.05, 3.63) is 11.8 Å². The minimum atomic E-state index is 0.761. The average molecular weight is 207 g/mol. The average Bonchev–Trinajstić information content (AvgIpc) is 2.26. The van der Waals surface area contributed by atoms with E-state index in [-0.39, 0.29) is 0 Å². The van der Waals surface area contributed by atoms with E-state index in [0.29, 0.717) is 0 Å². The predicted molar refractivity (Wildman–Crippen MR) is 60.5 cm³/mol. The molecule has 1 rings (SSSR count). The van der Waals surface area contributed by atoms with Gasteiger partial charge < -0.3 is 5.32 Å². The quantitative estimate of drug-likeness (QED) is 0.457. The second-order valence-electron chi connectivity index (χ2n) is 2.52. The van der Waals surface area contributed by atoms with E-state index in [1.54, 1.807) is 6.20 Å². The Hall–Kier alpha value is -1.21. The van der Waals surface area contributed by atoms with Crippen LogP contribution in [0.4, 0.5) is 5.82 Å². The zero-order chi connectivity index (χ0) is 10.4. The SMILES string of the molecule is CCC#Cc1cnc(SC)nc1NC. The van der Waals surface area contributed by atoms with Crippen molar-refractivity contribution in [2.24, 2.45) is 0 Å². The van der Waals surface area contributed by atoms with Gasteiger partial charge in [0.25, 0.3) is 0 Å². The molecule has 0 aliphatic carbocycles. The molecule has 1 aromatic rings. The molecule has 0 saturated heterocycles. The fourth-order valence-corrected chi connectivity index (χ4v) is 1.27. The van der Waals surface area contributed by atoms with Gasteiger partial charge in [-0.25, -0.2) is 9.97 Å². The van der Waals surface area contributed by atoms with Crippen molar-refractivity contribution in [1.29, 1.82) is 0 Å². The molecule has 14 heavy (non-hydrogen) atoms. The van der Waals surface area contributed by atoms with Gasteiger partial charge in [0.15, 0.2) is 5.16 Å². The Kier molecular flexibility index (Phi) is 4.27. The molecule has 74 valence electrons. The molecule has 0 fully saturated rings. The minimum absolute atomic E-state index is 0.761. The first kappa shape index (κ1) is 10.9. The van der Waals surface area contributed by atoms with Crippen molar-refractivity contribution in [3.8, 4) is 11.8 Å².